The molecule has 0 aliphatic carbocycles. The molecule has 1 atom stereocenters. The number of carbonyl (C=O) groups is 2. The van der Waals surface area contributed by atoms with Crippen molar-refractivity contribution < 1.29 is 23.8 Å². The number of halogens is 1. The van der Waals surface area contributed by atoms with Gasteiger partial charge in [-0.25, -0.2) is 0 Å². The van der Waals surface area contributed by atoms with E-state index >= 15 is 0 Å². The molecule has 8 heteroatoms. The summed E-state index contributed by atoms with van der Waals surface area (Å²) in [5, 5.41) is 0.570. The van der Waals surface area contributed by atoms with Crippen LogP contribution in [0.3, 0.4) is 0 Å². The number of hydrogen-bond donors (Lipinski definition) is 2. The predicted molar refractivity (Wildman–Crippen MR) is 89.6 cm³/mol. The van der Waals surface area contributed by atoms with E-state index in [0.29, 0.717) is 22.3 Å². The molecule has 1 aliphatic rings. The molecule has 2 aromatic carbocycles. The highest BCUT2D eigenvalue weighted by Crippen LogP contribution is 2.30. The van der Waals surface area contributed by atoms with Crippen LogP contribution in [0.5, 0.6) is 17.2 Å². The number of rotatable bonds is 4. The van der Waals surface area contributed by atoms with Crippen LogP contribution in [0.2, 0.25) is 5.02 Å². The molecule has 0 aromatic heterocycles. The number of ether oxygens (including phenoxy) is 3. The first kappa shape index (κ1) is 16.9. The standard InChI is InChI=1S/C17H15ClN2O5/c18-11-5-7-12(8-6-11)23-10-16(21)19-20-17(22)15-9-24-13-3-1-2-4-14(13)25-15/h1-8,15H,9-10H2,(H,19,21)(H,20,22)/t15-/m1/s1. The van der Waals surface area contributed by atoms with Gasteiger partial charge in [0.15, 0.2) is 18.1 Å². The zero-order chi connectivity index (χ0) is 17.6. The molecule has 0 saturated heterocycles. The Balaban J connectivity index is 1.43. The molecule has 3 rings (SSSR count). The predicted octanol–water partition coefficient (Wildman–Crippen LogP) is 1.71. The van der Waals surface area contributed by atoms with Gasteiger partial charge in [-0.05, 0) is 36.4 Å². The summed E-state index contributed by atoms with van der Waals surface area (Å²) in [5.74, 6) is 0.513. The summed E-state index contributed by atoms with van der Waals surface area (Å²) in [4.78, 5) is 23.8. The number of hydrazine groups is 1. The molecule has 2 aromatic rings. The van der Waals surface area contributed by atoms with E-state index in [-0.39, 0.29) is 13.2 Å². The largest absolute Gasteiger partial charge is 0.485 e. The fraction of sp³-hybridized carbons (Fsp3) is 0.176. The number of carbonyl (C=O) groups excluding carboxylic acids is 2. The number of fused-ring (bicyclic) bond motifs is 1. The molecule has 1 aliphatic heterocycles. The third kappa shape index (κ3) is 4.54. The third-order valence-electron chi connectivity index (χ3n) is 3.31. The van der Waals surface area contributed by atoms with Crippen LogP contribution in [0.1, 0.15) is 0 Å². The third-order valence-corrected chi connectivity index (χ3v) is 3.56. The number of para-hydroxylation sites is 2. The van der Waals surface area contributed by atoms with E-state index in [4.69, 9.17) is 25.8 Å². The fourth-order valence-electron chi connectivity index (χ4n) is 2.08. The Hall–Kier alpha value is -2.93. The quantitative estimate of drug-likeness (QED) is 0.809. The van der Waals surface area contributed by atoms with E-state index in [9.17, 15) is 9.59 Å². The fourth-order valence-corrected chi connectivity index (χ4v) is 2.20. The SMILES string of the molecule is O=C(COc1ccc(Cl)cc1)NNC(=O)[C@H]1COc2ccccc2O1. The van der Waals surface area contributed by atoms with Gasteiger partial charge in [-0.1, -0.05) is 23.7 Å². The van der Waals surface area contributed by atoms with Crippen molar-refractivity contribution in [3.8, 4) is 17.2 Å². The van der Waals surface area contributed by atoms with E-state index in [1.165, 1.54) is 0 Å². The van der Waals surface area contributed by atoms with Crippen molar-refractivity contribution in [3.63, 3.8) is 0 Å². The maximum Gasteiger partial charge on any atom is 0.283 e. The van der Waals surface area contributed by atoms with Gasteiger partial charge < -0.3 is 14.2 Å². The molecule has 2 N–H and O–H groups in total. The van der Waals surface area contributed by atoms with Gasteiger partial charge >= 0.3 is 0 Å². The summed E-state index contributed by atoms with van der Waals surface area (Å²) in [6.45, 7) is -0.202. The van der Waals surface area contributed by atoms with E-state index in [0.717, 1.165) is 0 Å². The summed E-state index contributed by atoms with van der Waals surface area (Å²) < 4.78 is 16.2. The summed E-state index contributed by atoms with van der Waals surface area (Å²) in [7, 11) is 0. The highest BCUT2D eigenvalue weighted by Gasteiger charge is 2.27. The molecule has 1 heterocycles. The van der Waals surface area contributed by atoms with E-state index in [1.54, 1.807) is 42.5 Å². The minimum absolute atomic E-state index is 0.0555. The molecular weight excluding hydrogens is 348 g/mol. The zero-order valence-corrected chi connectivity index (χ0v) is 13.8. The molecular formula is C17H15ClN2O5. The van der Waals surface area contributed by atoms with Gasteiger partial charge in [0.2, 0.25) is 6.10 Å². The van der Waals surface area contributed by atoms with Gasteiger partial charge in [-0.3, -0.25) is 20.4 Å². The molecule has 2 amide bonds. The van der Waals surface area contributed by atoms with Crippen molar-refractivity contribution in [2.24, 2.45) is 0 Å². The van der Waals surface area contributed by atoms with Crippen LogP contribution < -0.4 is 25.1 Å². The smallest absolute Gasteiger partial charge is 0.283 e. The van der Waals surface area contributed by atoms with Crippen LogP contribution >= 0.6 is 11.6 Å². The monoisotopic (exact) mass is 362 g/mol. The van der Waals surface area contributed by atoms with E-state index < -0.39 is 17.9 Å². The van der Waals surface area contributed by atoms with Crippen LogP contribution in [-0.2, 0) is 9.59 Å². The molecule has 25 heavy (non-hydrogen) atoms. The van der Waals surface area contributed by atoms with Crippen LogP contribution in [0.25, 0.3) is 0 Å². The minimum Gasteiger partial charge on any atom is -0.485 e. The Bertz CT molecular complexity index is 766. The molecule has 0 spiro atoms. The molecule has 130 valence electrons. The molecule has 0 radical (unpaired) electrons. The Morgan fingerprint density at radius 1 is 1.08 bits per heavy atom. The number of nitrogens with one attached hydrogen (secondary N) is 2. The second-order valence-electron chi connectivity index (χ2n) is 5.14. The van der Waals surface area contributed by atoms with Gasteiger partial charge in [0.25, 0.3) is 11.8 Å². The topological polar surface area (TPSA) is 85.9 Å². The van der Waals surface area contributed by atoms with Crippen LogP contribution in [0.4, 0.5) is 0 Å². The van der Waals surface area contributed by atoms with Gasteiger partial charge in [0.1, 0.15) is 12.4 Å². The lowest BCUT2D eigenvalue weighted by Gasteiger charge is -2.25. The van der Waals surface area contributed by atoms with Crippen molar-refractivity contribution in [1.82, 2.24) is 10.9 Å². The second kappa shape index (κ2) is 7.76. The Morgan fingerprint density at radius 2 is 1.80 bits per heavy atom. The minimum atomic E-state index is -0.854. The van der Waals surface area contributed by atoms with Gasteiger partial charge in [0.05, 0.1) is 0 Å². The molecule has 0 fully saturated rings. The van der Waals surface area contributed by atoms with Crippen molar-refractivity contribution >= 4 is 23.4 Å². The first-order valence-electron chi connectivity index (χ1n) is 7.47. The highest BCUT2D eigenvalue weighted by molar-refractivity contribution is 6.30. The highest BCUT2D eigenvalue weighted by atomic mass is 35.5. The summed E-state index contributed by atoms with van der Waals surface area (Å²) >= 11 is 5.76. The maximum absolute atomic E-state index is 12.0. The van der Waals surface area contributed by atoms with E-state index in [1.807, 2.05) is 6.07 Å². The molecule has 0 bridgehead atoms. The zero-order valence-electron chi connectivity index (χ0n) is 13.0. The average molecular weight is 363 g/mol. The van der Waals surface area contributed by atoms with Crippen molar-refractivity contribution in [2.75, 3.05) is 13.2 Å². The molecule has 7 nitrogen and oxygen atoms in total. The lowest BCUT2D eigenvalue weighted by molar-refractivity contribution is -0.135. The van der Waals surface area contributed by atoms with Crippen molar-refractivity contribution in [1.29, 1.82) is 0 Å². The average Bonchev–Trinajstić information content (AvgIpc) is 2.65. The normalized spacial score (nSPS) is 15.2. The number of amides is 2. The molecule has 0 saturated carbocycles. The second-order valence-corrected chi connectivity index (χ2v) is 5.58. The van der Waals surface area contributed by atoms with Gasteiger partial charge in [-0.15, -0.1) is 0 Å². The Labute approximate surface area is 148 Å². The summed E-state index contributed by atoms with van der Waals surface area (Å²) in [6.07, 6.45) is -0.854. The van der Waals surface area contributed by atoms with Crippen LogP contribution in [-0.4, -0.2) is 31.1 Å². The Morgan fingerprint density at radius 3 is 2.56 bits per heavy atom. The lowest BCUT2D eigenvalue weighted by atomic mass is 10.2. The lowest BCUT2D eigenvalue weighted by Crippen LogP contribution is -2.51. The van der Waals surface area contributed by atoms with Gasteiger partial charge in [0, 0.05) is 5.02 Å². The van der Waals surface area contributed by atoms with E-state index in [2.05, 4.69) is 10.9 Å². The van der Waals surface area contributed by atoms with Crippen molar-refractivity contribution in [3.05, 3.63) is 53.6 Å². The van der Waals surface area contributed by atoms with Gasteiger partial charge in [-0.2, -0.15) is 0 Å². The number of hydrogen-bond acceptors (Lipinski definition) is 5. The van der Waals surface area contributed by atoms with Crippen LogP contribution in [0, 0.1) is 0 Å². The Kier molecular flexibility index (Phi) is 5.25. The summed E-state index contributed by atoms with van der Waals surface area (Å²) in [6, 6.07) is 13.6. The molecule has 0 unspecified atom stereocenters. The first-order chi connectivity index (χ1) is 12.1. The first-order valence-corrected chi connectivity index (χ1v) is 7.85. The number of benzene rings is 2. The van der Waals surface area contributed by atoms with Crippen LogP contribution in [0.15, 0.2) is 48.5 Å². The summed E-state index contributed by atoms with van der Waals surface area (Å²) in [5.41, 5.74) is 4.54. The van der Waals surface area contributed by atoms with Crippen molar-refractivity contribution in [2.45, 2.75) is 6.10 Å². The maximum atomic E-state index is 12.0.